The molecule has 1 heteroatoms. The number of rotatable bonds is 3. The predicted molar refractivity (Wildman–Crippen MR) is 90.3 cm³/mol. The molecule has 0 radical (unpaired) electrons. The normalized spacial score (nSPS) is 28.5. The van der Waals surface area contributed by atoms with E-state index in [1.54, 1.807) is 0 Å². The van der Waals surface area contributed by atoms with Gasteiger partial charge in [-0.3, -0.25) is 0 Å². The second-order valence-electron chi connectivity index (χ2n) is 6.60. The summed E-state index contributed by atoms with van der Waals surface area (Å²) in [6.45, 7) is 4.01. The summed E-state index contributed by atoms with van der Waals surface area (Å²) >= 11 is 0. The number of allylic oxidation sites excluding steroid dienone is 1. The lowest BCUT2D eigenvalue weighted by Gasteiger charge is -2.44. The third kappa shape index (κ3) is 2.63. The summed E-state index contributed by atoms with van der Waals surface area (Å²) in [5, 5.41) is 2.70. The zero-order valence-electron chi connectivity index (χ0n) is 12.5. The second kappa shape index (κ2) is 5.65. The number of hydrogen-bond donors (Lipinski definition) is 0. The minimum Gasteiger partial charge on any atom is -0.303 e. The maximum absolute atomic E-state index is 2.65. The Morgan fingerprint density at radius 1 is 1.00 bits per heavy atom. The molecule has 0 saturated carbocycles. The highest BCUT2D eigenvalue weighted by molar-refractivity contribution is 5.90. The molecule has 3 saturated heterocycles. The third-order valence-electron chi connectivity index (χ3n) is 5.35. The Balaban J connectivity index is 1.50. The fourth-order valence-corrected chi connectivity index (χ4v) is 4.12. The fraction of sp³-hybridized carbons (Fsp3) is 0.400. The molecule has 3 aliphatic rings. The van der Waals surface area contributed by atoms with Crippen LogP contribution in [0.25, 0.3) is 16.8 Å². The summed E-state index contributed by atoms with van der Waals surface area (Å²) in [6.07, 6.45) is 8.83. The van der Waals surface area contributed by atoms with Gasteiger partial charge in [-0.2, -0.15) is 0 Å². The van der Waals surface area contributed by atoms with Crippen LogP contribution in [0, 0.1) is 11.8 Å². The molecule has 0 aromatic heterocycles. The molecule has 2 aromatic carbocycles. The lowest BCUT2D eigenvalue weighted by Crippen LogP contribution is -2.47. The predicted octanol–water partition coefficient (Wildman–Crippen LogP) is 4.58. The molecule has 3 fully saturated rings. The van der Waals surface area contributed by atoms with Gasteiger partial charge in [-0.1, -0.05) is 54.6 Å². The molecule has 3 aliphatic heterocycles. The first-order chi connectivity index (χ1) is 10.4. The maximum Gasteiger partial charge on any atom is 0.00153 e. The van der Waals surface area contributed by atoms with Crippen LogP contribution >= 0.6 is 0 Å². The Labute approximate surface area is 127 Å². The van der Waals surface area contributed by atoms with Crippen molar-refractivity contribution >= 4 is 16.8 Å². The first-order valence-corrected chi connectivity index (χ1v) is 8.27. The Bertz CT molecular complexity index is 644. The quantitative estimate of drug-likeness (QED) is 0.793. The van der Waals surface area contributed by atoms with Crippen molar-refractivity contribution in [2.24, 2.45) is 11.8 Å². The molecule has 21 heavy (non-hydrogen) atoms. The largest absolute Gasteiger partial charge is 0.303 e. The molecule has 5 rings (SSSR count). The van der Waals surface area contributed by atoms with Gasteiger partial charge in [-0.15, -0.1) is 0 Å². The highest BCUT2D eigenvalue weighted by Gasteiger charge is 2.32. The van der Waals surface area contributed by atoms with Crippen LogP contribution in [-0.2, 0) is 0 Å². The van der Waals surface area contributed by atoms with Crippen molar-refractivity contribution in [2.45, 2.75) is 19.3 Å². The molecule has 2 aromatic rings. The third-order valence-corrected chi connectivity index (χ3v) is 5.35. The summed E-state index contributed by atoms with van der Waals surface area (Å²) in [6, 6.07) is 15.3. The van der Waals surface area contributed by atoms with Gasteiger partial charge in [0.25, 0.3) is 0 Å². The number of nitrogens with zero attached hydrogens (tertiary/aromatic N) is 1. The summed E-state index contributed by atoms with van der Waals surface area (Å²) in [5.41, 5.74) is 1.36. The fourth-order valence-electron chi connectivity index (χ4n) is 4.12. The standard InChI is InChI=1S/C20H23N/c1-2-10-20-17(5-1)6-3-7-18(20)8-4-9-19-15-21-13-11-16(19)12-14-21/h1-8,10,16,19H,9,11-15H2. The van der Waals surface area contributed by atoms with E-state index in [9.17, 15) is 0 Å². The minimum absolute atomic E-state index is 0.888. The van der Waals surface area contributed by atoms with Gasteiger partial charge in [-0.05, 0) is 60.5 Å². The van der Waals surface area contributed by atoms with Crippen LogP contribution in [0.3, 0.4) is 0 Å². The van der Waals surface area contributed by atoms with Crippen molar-refractivity contribution in [2.75, 3.05) is 19.6 Å². The lowest BCUT2D eigenvalue weighted by molar-refractivity contribution is 0.0526. The second-order valence-corrected chi connectivity index (χ2v) is 6.60. The zero-order chi connectivity index (χ0) is 14.1. The number of benzene rings is 2. The molecule has 0 spiro atoms. The lowest BCUT2D eigenvalue weighted by atomic mass is 9.77. The van der Waals surface area contributed by atoms with Crippen molar-refractivity contribution in [1.29, 1.82) is 0 Å². The van der Waals surface area contributed by atoms with E-state index in [0.29, 0.717) is 0 Å². The van der Waals surface area contributed by atoms with E-state index in [4.69, 9.17) is 0 Å². The summed E-state index contributed by atoms with van der Waals surface area (Å²) in [5.74, 6) is 1.87. The van der Waals surface area contributed by atoms with E-state index < -0.39 is 0 Å². The summed E-state index contributed by atoms with van der Waals surface area (Å²) in [7, 11) is 0. The molecule has 0 amide bonds. The van der Waals surface area contributed by atoms with E-state index in [0.717, 1.165) is 11.8 Å². The van der Waals surface area contributed by atoms with Crippen molar-refractivity contribution in [3.05, 3.63) is 54.1 Å². The van der Waals surface area contributed by atoms with Gasteiger partial charge in [-0.25, -0.2) is 0 Å². The Hall–Kier alpha value is -1.60. The number of fused-ring (bicyclic) bond motifs is 4. The van der Waals surface area contributed by atoms with Crippen molar-refractivity contribution in [1.82, 2.24) is 4.90 Å². The molecular formula is C20H23N. The van der Waals surface area contributed by atoms with Crippen LogP contribution < -0.4 is 0 Å². The van der Waals surface area contributed by atoms with E-state index in [-0.39, 0.29) is 0 Å². The highest BCUT2D eigenvalue weighted by atomic mass is 15.1. The smallest absolute Gasteiger partial charge is 0.00153 e. The Morgan fingerprint density at radius 2 is 1.81 bits per heavy atom. The first-order valence-electron chi connectivity index (χ1n) is 8.27. The van der Waals surface area contributed by atoms with Gasteiger partial charge in [0, 0.05) is 6.54 Å². The van der Waals surface area contributed by atoms with E-state index in [1.807, 2.05) is 0 Å². The average molecular weight is 277 g/mol. The summed E-state index contributed by atoms with van der Waals surface area (Å²) < 4.78 is 0. The molecule has 0 aliphatic carbocycles. The van der Waals surface area contributed by atoms with E-state index in [2.05, 4.69) is 59.5 Å². The molecule has 0 N–H and O–H groups in total. The maximum atomic E-state index is 2.65. The topological polar surface area (TPSA) is 3.24 Å². The molecule has 108 valence electrons. The Kier molecular flexibility index (Phi) is 3.52. The molecular weight excluding hydrogens is 254 g/mol. The molecule has 1 unspecified atom stereocenters. The molecule has 1 atom stereocenters. The molecule has 3 heterocycles. The summed E-state index contributed by atoms with van der Waals surface area (Å²) in [4.78, 5) is 2.65. The van der Waals surface area contributed by atoms with Gasteiger partial charge in [0.15, 0.2) is 0 Å². The van der Waals surface area contributed by atoms with Crippen molar-refractivity contribution < 1.29 is 0 Å². The number of piperidine rings is 3. The van der Waals surface area contributed by atoms with Gasteiger partial charge in [0.2, 0.25) is 0 Å². The van der Waals surface area contributed by atoms with Gasteiger partial charge >= 0.3 is 0 Å². The number of hydrogen-bond acceptors (Lipinski definition) is 1. The monoisotopic (exact) mass is 277 g/mol. The average Bonchev–Trinajstić information content (AvgIpc) is 2.56. The van der Waals surface area contributed by atoms with Crippen molar-refractivity contribution in [3.8, 4) is 0 Å². The molecule has 1 nitrogen and oxygen atoms in total. The first kappa shape index (κ1) is 13.1. The van der Waals surface area contributed by atoms with Gasteiger partial charge in [0.1, 0.15) is 0 Å². The van der Waals surface area contributed by atoms with E-state index in [1.165, 1.54) is 55.2 Å². The zero-order valence-corrected chi connectivity index (χ0v) is 12.5. The van der Waals surface area contributed by atoms with Crippen LogP contribution in [0.15, 0.2) is 48.5 Å². The minimum atomic E-state index is 0.888. The van der Waals surface area contributed by atoms with Crippen LogP contribution in [0.4, 0.5) is 0 Å². The van der Waals surface area contributed by atoms with Crippen LogP contribution in [0.2, 0.25) is 0 Å². The molecule has 2 bridgehead atoms. The highest BCUT2D eigenvalue weighted by Crippen LogP contribution is 2.34. The van der Waals surface area contributed by atoms with E-state index >= 15 is 0 Å². The SMILES string of the molecule is C(=Cc1cccc2ccccc12)CC1CN2CCC1CC2. The Morgan fingerprint density at radius 3 is 2.62 bits per heavy atom. The van der Waals surface area contributed by atoms with Crippen LogP contribution in [-0.4, -0.2) is 24.5 Å². The van der Waals surface area contributed by atoms with Gasteiger partial charge in [0.05, 0.1) is 0 Å². The van der Waals surface area contributed by atoms with Crippen LogP contribution in [0.1, 0.15) is 24.8 Å². The van der Waals surface area contributed by atoms with Gasteiger partial charge < -0.3 is 4.90 Å². The van der Waals surface area contributed by atoms with Crippen molar-refractivity contribution in [3.63, 3.8) is 0 Å². The van der Waals surface area contributed by atoms with Crippen LogP contribution in [0.5, 0.6) is 0 Å².